The van der Waals surface area contributed by atoms with Gasteiger partial charge in [0.2, 0.25) is 0 Å². The van der Waals surface area contributed by atoms with E-state index in [2.05, 4.69) is 22.6 Å². The highest BCUT2D eigenvalue weighted by molar-refractivity contribution is 14.1. The van der Waals surface area contributed by atoms with Crippen LogP contribution in [-0.2, 0) is 19.0 Å². The van der Waals surface area contributed by atoms with Crippen molar-refractivity contribution in [3.63, 3.8) is 0 Å². The highest BCUT2D eigenvalue weighted by Gasteiger charge is 2.57. The lowest BCUT2D eigenvalue weighted by Crippen LogP contribution is -2.34. The average molecular weight is 492 g/mol. The minimum absolute atomic E-state index is 0.0348. The first-order valence-electron chi connectivity index (χ1n) is 9.27. The summed E-state index contributed by atoms with van der Waals surface area (Å²) < 4.78 is 16.6. The Hall–Kier alpha value is -1.93. The van der Waals surface area contributed by atoms with Crippen LogP contribution < -0.4 is 0 Å². The molecule has 1 aliphatic heterocycles. The second-order valence-corrected chi connectivity index (χ2v) is 8.64. The maximum atomic E-state index is 12.8. The zero-order chi connectivity index (χ0) is 19.7. The number of esters is 2. The predicted molar refractivity (Wildman–Crippen MR) is 112 cm³/mol. The molecule has 146 valence electrons. The van der Waals surface area contributed by atoms with Gasteiger partial charge in [-0.25, -0.2) is 4.79 Å². The standard InChI is InChI=1S/C22H21IO5/c1-26-12-17-16-11-18(24)27-20(16)19(23)21(17)28-22(25)15-9-7-14(8-10-15)13-5-3-2-4-6-13/h2-10,16-17,19-21H,11-12H2,1H3/t16-,17+,19-,20-,21+/m0/s1. The van der Waals surface area contributed by atoms with E-state index >= 15 is 0 Å². The summed E-state index contributed by atoms with van der Waals surface area (Å²) in [5.74, 6) is -0.554. The van der Waals surface area contributed by atoms with Gasteiger partial charge in [-0.2, -0.15) is 0 Å². The summed E-state index contributed by atoms with van der Waals surface area (Å²) in [5.41, 5.74) is 2.65. The molecule has 0 spiro atoms. The molecule has 1 saturated heterocycles. The van der Waals surface area contributed by atoms with Gasteiger partial charge in [-0.05, 0) is 23.3 Å². The summed E-state index contributed by atoms with van der Waals surface area (Å²) in [7, 11) is 1.62. The number of hydrogen-bond acceptors (Lipinski definition) is 5. The van der Waals surface area contributed by atoms with Crippen LogP contribution in [0.25, 0.3) is 11.1 Å². The van der Waals surface area contributed by atoms with E-state index in [4.69, 9.17) is 14.2 Å². The second-order valence-electron chi connectivity index (χ2n) is 7.20. The highest BCUT2D eigenvalue weighted by atomic mass is 127. The average Bonchev–Trinajstić information content (AvgIpc) is 3.21. The van der Waals surface area contributed by atoms with E-state index in [0.717, 1.165) is 11.1 Å². The van der Waals surface area contributed by atoms with E-state index < -0.39 is 0 Å². The van der Waals surface area contributed by atoms with Gasteiger partial charge in [-0.3, -0.25) is 4.79 Å². The van der Waals surface area contributed by atoms with Crippen LogP contribution in [0.5, 0.6) is 0 Å². The summed E-state index contributed by atoms with van der Waals surface area (Å²) in [6.45, 7) is 0.433. The second kappa shape index (κ2) is 8.21. The highest BCUT2D eigenvalue weighted by Crippen LogP contribution is 2.46. The van der Waals surface area contributed by atoms with Crippen molar-refractivity contribution in [3.05, 3.63) is 60.2 Å². The van der Waals surface area contributed by atoms with E-state index in [1.165, 1.54) is 0 Å². The monoisotopic (exact) mass is 492 g/mol. The minimum Gasteiger partial charge on any atom is -0.461 e. The summed E-state index contributed by atoms with van der Waals surface area (Å²) in [6, 6.07) is 17.4. The first kappa shape index (κ1) is 19.4. The zero-order valence-corrected chi connectivity index (χ0v) is 17.6. The quantitative estimate of drug-likeness (QED) is 0.360. The Morgan fingerprint density at radius 2 is 1.79 bits per heavy atom. The maximum Gasteiger partial charge on any atom is 0.338 e. The van der Waals surface area contributed by atoms with E-state index in [9.17, 15) is 9.59 Å². The third-order valence-corrected chi connectivity index (χ3v) is 6.94. The van der Waals surface area contributed by atoms with Crippen molar-refractivity contribution in [2.75, 3.05) is 13.7 Å². The fraction of sp³-hybridized carbons (Fsp3) is 0.364. The molecule has 2 fully saturated rings. The van der Waals surface area contributed by atoms with Crippen molar-refractivity contribution in [1.82, 2.24) is 0 Å². The normalized spacial score (nSPS) is 28.6. The van der Waals surface area contributed by atoms with Crippen molar-refractivity contribution in [1.29, 1.82) is 0 Å². The fourth-order valence-corrected chi connectivity index (χ4v) is 5.50. The predicted octanol–water partition coefficient (Wildman–Crippen LogP) is 3.89. The van der Waals surface area contributed by atoms with Crippen molar-refractivity contribution < 1.29 is 23.8 Å². The molecule has 6 heteroatoms. The Bertz CT molecular complexity index is 851. The summed E-state index contributed by atoms with van der Waals surface area (Å²) in [5, 5.41) is 0. The van der Waals surface area contributed by atoms with Crippen LogP contribution in [0, 0.1) is 11.8 Å². The van der Waals surface area contributed by atoms with E-state index in [0.29, 0.717) is 18.6 Å². The molecule has 0 radical (unpaired) electrons. The number of hydrogen-bond donors (Lipinski definition) is 0. The number of carbonyl (C=O) groups excluding carboxylic acids is 2. The van der Waals surface area contributed by atoms with Gasteiger partial charge in [0.05, 0.1) is 22.5 Å². The molecule has 1 saturated carbocycles. The molecule has 0 N–H and O–H groups in total. The molecule has 0 aromatic heterocycles. The number of methoxy groups -OCH3 is 1. The maximum absolute atomic E-state index is 12.8. The molecular weight excluding hydrogens is 471 g/mol. The van der Waals surface area contributed by atoms with Crippen molar-refractivity contribution in [2.24, 2.45) is 11.8 Å². The molecule has 1 heterocycles. The van der Waals surface area contributed by atoms with Gasteiger partial charge in [0.15, 0.2) is 0 Å². The van der Waals surface area contributed by atoms with Gasteiger partial charge in [-0.15, -0.1) is 0 Å². The van der Waals surface area contributed by atoms with E-state index in [-0.39, 0.29) is 39.9 Å². The molecule has 0 amide bonds. The van der Waals surface area contributed by atoms with Crippen LogP contribution in [0.15, 0.2) is 54.6 Å². The largest absolute Gasteiger partial charge is 0.461 e. The lowest BCUT2D eigenvalue weighted by molar-refractivity contribution is -0.141. The van der Waals surface area contributed by atoms with Crippen LogP contribution in [0.2, 0.25) is 0 Å². The van der Waals surface area contributed by atoms with Gasteiger partial charge < -0.3 is 14.2 Å². The number of ether oxygens (including phenoxy) is 3. The molecule has 5 nitrogen and oxygen atoms in total. The summed E-state index contributed by atoms with van der Waals surface area (Å²) in [6.07, 6.45) is -0.200. The van der Waals surface area contributed by atoms with Crippen LogP contribution in [0.1, 0.15) is 16.8 Å². The lowest BCUT2D eigenvalue weighted by Gasteiger charge is -2.24. The Morgan fingerprint density at radius 1 is 1.11 bits per heavy atom. The molecule has 4 rings (SSSR count). The van der Waals surface area contributed by atoms with Crippen LogP contribution in [0.3, 0.4) is 0 Å². The van der Waals surface area contributed by atoms with Crippen molar-refractivity contribution >= 4 is 34.5 Å². The molecular formula is C22H21IO5. The molecule has 0 unspecified atom stereocenters. The molecule has 2 aliphatic rings. The Balaban J connectivity index is 1.49. The van der Waals surface area contributed by atoms with Gasteiger partial charge in [0, 0.05) is 18.9 Å². The molecule has 2 aromatic rings. The Labute approximate surface area is 177 Å². The number of fused-ring (bicyclic) bond motifs is 1. The van der Waals surface area contributed by atoms with Crippen molar-refractivity contribution in [3.8, 4) is 11.1 Å². The first-order valence-corrected chi connectivity index (χ1v) is 10.5. The fourth-order valence-electron chi connectivity index (χ4n) is 4.14. The minimum atomic E-state index is -0.362. The summed E-state index contributed by atoms with van der Waals surface area (Å²) >= 11 is 2.23. The third kappa shape index (κ3) is 3.67. The van der Waals surface area contributed by atoms with E-state index in [1.54, 1.807) is 19.2 Å². The number of halogens is 1. The Morgan fingerprint density at radius 3 is 2.46 bits per heavy atom. The van der Waals surface area contributed by atoms with Crippen LogP contribution >= 0.6 is 22.6 Å². The third-order valence-electron chi connectivity index (χ3n) is 5.52. The van der Waals surface area contributed by atoms with E-state index in [1.807, 2.05) is 42.5 Å². The molecule has 2 aromatic carbocycles. The van der Waals surface area contributed by atoms with Gasteiger partial charge in [-0.1, -0.05) is 65.1 Å². The first-order chi connectivity index (χ1) is 13.6. The topological polar surface area (TPSA) is 61.8 Å². The lowest BCUT2D eigenvalue weighted by atomic mass is 9.93. The molecule has 0 bridgehead atoms. The van der Waals surface area contributed by atoms with Gasteiger partial charge in [0.1, 0.15) is 12.2 Å². The number of benzene rings is 2. The summed E-state index contributed by atoms with van der Waals surface area (Å²) in [4.78, 5) is 24.4. The SMILES string of the molecule is COC[C@@H]1[C@@H]2CC(=O)O[C@@H]2[C@H](I)[C@@H]1OC(=O)c1ccc(-c2ccccc2)cc1. The smallest absolute Gasteiger partial charge is 0.338 e. The van der Waals surface area contributed by atoms with Crippen LogP contribution in [0.4, 0.5) is 0 Å². The number of carbonyl (C=O) groups is 2. The van der Waals surface area contributed by atoms with Gasteiger partial charge >= 0.3 is 11.9 Å². The van der Waals surface area contributed by atoms with Crippen molar-refractivity contribution in [2.45, 2.75) is 22.6 Å². The van der Waals surface area contributed by atoms with Gasteiger partial charge in [0.25, 0.3) is 0 Å². The zero-order valence-electron chi connectivity index (χ0n) is 15.4. The number of alkyl halides is 1. The Kier molecular flexibility index (Phi) is 5.68. The molecule has 28 heavy (non-hydrogen) atoms. The number of rotatable bonds is 5. The molecule has 5 atom stereocenters. The molecule has 1 aliphatic carbocycles. The van der Waals surface area contributed by atoms with Crippen LogP contribution in [-0.4, -0.2) is 41.8 Å².